The molecule has 1 unspecified atom stereocenters. The quantitative estimate of drug-likeness (QED) is 0.470. The lowest BCUT2D eigenvalue weighted by molar-refractivity contribution is -0.137. The van der Waals surface area contributed by atoms with E-state index >= 15 is 0 Å². The normalized spacial score (nSPS) is 11.9. The topological polar surface area (TPSA) is 106 Å². The zero-order valence-electron chi connectivity index (χ0n) is 7.77. The van der Waals surface area contributed by atoms with Crippen LogP contribution >= 0.6 is 12.6 Å². The monoisotopic (exact) mass is 219 g/mol. The Morgan fingerprint density at radius 3 is 1.79 bits per heavy atom. The van der Waals surface area contributed by atoms with Crippen LogP contribution in [0.2, 0.25) is 0 Å². The van der Waals surface area contributed by atoms with E-state index in [0.29, 0.717) is 0 Å². The first kappa shape index (κ1) is 12.8. The van der Waals surface area contributed by atoms with E-state index in [1.807, 2.05) is 0 Å². The van der Waals surface area contributed by atoms with Gasteiger partial charge in [0.05, 0.1) is 18.3 Å². The zero-order valence-corrected chi connectivity index (χ0v) is 8.66. The van der Waals surface area contributed by atoms with E-state index in [-0.39, 0.29) is 13.1 Å². The molecule has 4 N–H and O–H groups in total. The second-order valence-corrected chi connectivity index (χ2v) is 3.58. The third-order valence-electron chi connectivity index (χ3n) is 1.36. The van der Waals surface area contributed by atoms with Crippen LogP contribution < -0.4 is 11.5 Å². The molecule has 1 atom stereocenters. The molecule has 0 aromatic rings. The highest BCUT2D eigenvalue weighted by Gasteiger charge is 2.20. The van der Waals surface area contributed by atoms with Crippen molar-refractivity contribution in [3.8, 4) is 0 Å². The lowest BCUT2D eigenvalue weighted by atomic mass is 10.3. The van der Waals surface area contributed by atoms with Crippen molar-refractivity contribution >= 4 is 30.4 Å². The Morgan fingerprint density at radius 2 is 1.57 bits per heavy atom. The largest absolute Gasteiger partial charge is 0.368 e. The number of hydrogen-bond acceptors (Lipinski definition) is 4. The molecule has 0 aliphatic carbocycles. The van der Waals surface area contributed by atoms with Gasteiger partial charge in [-0.2, -0.15) is 12.6 Å². The Hall–Kier alpha value is -1.24. The number of rotatable bonds is 5. The van der Waals surface area contributed by atoms with Crippen LogP contribution in [0.3, 0.4) is 0 Å². The molecule has 0 rings (SSSR count). The highest BCUT2D eigenvalue weighted by molar-refractivity contribution is 7.81. The van der Waals surface area contributed by atoms with Crippen molar-refractivity contribution in [1.82, 2.24) is 4.90 Å². The molecule has 0 radical (unpaired) electrons. The molecule has 0 aromatic heterocycles. The molecule has 0 saturated carbocycles. The number of amides is 3. The predicted molar refractivity (Wildman–Crippen MR) is 53.4 cm³/mol. The van der Waals surface area contributed by atoms with Gasteiger partial charge < -0.3 is 16.4 Å². The molecule has 0 heterocycles. The zero-order chi connectivity index (χ0) is 11.3. The van der Waals surface area contributed by atoms with Gasteiger partial charge in [-0.05, 0) is 6.92 Å². The van der Waals surface area contributed by atoms with Gasteiger partial charge in [-0.25, -0.2) is 0 Å². The molecule has 0 fully saturated rings. The van der Waals surface area contributed by atoms with Crippen LogP contribution in [-0.2, 0) is 14.4 Å². The Labute approximate surface area is 87.0 Å². The fourth-order valence-corrected chi connectivity index (χ4v) is 1.02. The third-order valence-corrected chi connectivity index (χ3v) is 1.58. The van der Waals surface area contributed by atoms with Crippen molar-refractivity contribution in [3.63, 3.8) is 0 Å². The van der Waals surface area contributed by atoms with Crippen LogP contribution in [0, 0.1) is 0 Å². The van der Waals surface area contributed by atoms with Crippen molar-refractivity contribution in [1.29, 1.82) is 0 Å². The predicted octanol–water partition coefficient (Wildman–Crippen LogP) is -1.90. The molecule has 0 spiro atoms. The van der Waals surface area contributed by atoms with E-state index < -0.39 is 23.0 Å². The second kappa shape index (κ2) is 5.48. The van der Waals surface area contributed by atoms with Gasteiger partial charge in [0, 0.05) is 0 Å². The van der Waals surface area contributed by atoms with E-state index in [4.69, 9.17) is 11.5 Å². The van der Waals surface area contributed by atoms with Gasteiger partial charge in [0.15, 0.2) is 0 Å². The number of carbonyl (C=O) groups excluding carboxylic acids is 3. The highest BCUT2D eigenvalue weighted by Crippen LogP contribution is 2.00. The molecule has 7 heteroatoms. The fourth-order valence-electron chi connectivity index (χ4n) is 0.852. The SMILES string of the molecule is CC(S)C(=O)N(CC(N)=O)CC(N)=O. The van der Waals surface area contributed by atoms with E-state index in [1.165, 1.54) is 6.92 Å². The smallest absolute Gasteiger partial charge is 0.237 e. The Kier molecular flexibility index (Phi) is 5.00. The van der Waals surface area contributed by atoms with Crippen LogP contribution in [0.25, 0.3) is 0 Å². The summed E-state index contributed by atoms with van der Waals surface area (Å²) in [5.41, 5.74) is 9.79. The van der Waals surface area contributed by atoms with Crippen molar-refractivity contribution in [2.45, 2.75) is 12.2 Å². The van der Waals surface area contributed by atoms with Gasteiger partial charge in [-0.1, -0.05) is 0 Å². The average Bonchev–Trinajstić information content (AvgIpc) is 1.99. The molecular weight excluding hydrogens is 206 g/mol. The summed E-state index contributed by atoms with van der Waals surface area (Å²) < 4.78 is 0. The van der Waals surface area contributed by atoms with Crippen molar-refractivity contribution in [2.24, 2.45) is 11.5 Å². The van der Waals surface area contributed by atoms with Crippen LogP contribution in [0.5, 0.6) is 0 Å². The summed E-state index contributed by atoms with van der Waals surface area (Å²) in [5, 5.41) is -0.603. The van der Waals surface area contributed by atoms with E-state index in [0.717, 1.165) is 4.90 Å². The van der Waals surface area contributed by atoms with Gasteiger partial charge in [0.25, 0.3) is 0 Å². The average molecular weight is 219 g/mol. The second-order valence-electron chi connectivity index (χ2n) is 2.80. The molecule has 0 saturated heterocycles. The standard InChI is InChI=1S/C7H13N3O3S/c1-4(14)7(13)10(2-5(8)11)3-6(9)12/h4,14H,2-3H2,1H3,(H2,8,11)(H2,9,12). The summed E-state index contributed by atoms with van der Waals surface area (Å²) in [4.78, 5) is 33.5. The number of nitrogens with zero attached hydrogens (tertiary/aromatic N) is 1. The maximum Gasteiger partial charge on any atom is 0.237 e. The van der Waals surface area contributed by atoms with Crippen LogP contribution in [0.1, 0.15) is 6.92 Å². The number of hydrogen-bond donors (Lipinski definition) is 3. The van der Waals surface area contributed by atoms with Gasteiger partial charge in [0.1, 0.15) is 0 Å². The fraction of sp³-hybridized carbons (Fsp3) is 0.571. The Balaban J connectivity index is 4.46. The van der Waals surface area contributed by atoms with Crippen LogP contribution in [-0.4, -0.2) is 41.0 Å². The first-order valence-corrected chi connectivity index (χ1v) is 4.39. The van der Waals surface area contributed by atoms with Crippen LogP contribution in [0.15, 0.2) is 0 Å². The lowest BCUT2D eigenvalue weighted by Gasteiger charge is -2.20. The molecule has 0 bridgehead atoms. The minimum absolute atomic E-state index is 0.327. The summed E-state index contributed by atoms with van der Waals surface area (Å²) in [7, 11) is 0. The number of carbonyl (C=O) groups is 3. The molecule has 3 amide bonds. The molecule has 0 aromatic carbocycles. The molecule has 80 valence electrons. The summed E-state index contributed by atoms with van der Waals surface area (Å²) in [6.45, 7) is 0.875. The maximum absolute atomic E-state index is 11.3. The summed E-state index contributed by atoms with van der Waals surface area (Å²) in [6.07, 6.45) is 0. The van der Waals surface area contributed by atoms with Gasteiger partial charge in [0.2, 0.25) is 17.7 Å². The lowest BCUT2D eigenvalue weighted by Crippen LogP contribution is -2.45. The molecule has 14 heavy (non-hydrogen) atoms. The number of thiol groups is 1. The van der Waals surface area contributed by atoms with Gasteiger partial charge in [-0.3, -0.25) is 14.4 Å². The molecule has 0 aliphatic rings. The molecular formula is C7H13N3O3S. The molecule has 6 nitrogen and oxygen atoms in total. The summed E-state index contributed by atoms with van der Waals surface area (Å²) in [5.74, 6) is -1.85. The number of nitrogens with two attached hydrogens (primary N) is 2. The van der Waals surface area contributed by atoms with E-state index in [2.05, 4.69) is 12.6 Å². The van der Waals surface area contributed by atoms with Gasteiger partial charge in [-0.15, -0.1) is 0 Å². The van der Waals surface area contributed by atoms with Crippen molar-refractivity contribution in [3.05, 3.63) is 0 Å². The first-order valence-electron chi connectivity index (χ1n) is 3.88. The van der Waals surface area contributed by atoms with Crippen molar-refractivity contribution in [2.75, 3.05) is 13.1 Å². The van der Waals surface area contributed by atoms with Crippen LogP contribution in [0.4, 0.5) is 0 Å². The first-order chi connectivity index (χ1) is 6.34. The van der Waals surface area contributed by atoms with E-state index in [1.54, 1.807) is 0 Å². The number of primary amides is 2. The minimum atomic E-state index is -0.700. The Morgan fingerprint density at radius 1 is 1.21 bits per heavy atom. The maximum atomic E-state index is 11.3. The van der Waals surface area contributed by atoms with Crippen molar-refractivity contribution < 1.29 is 14.4 Å². The summed E-state index contributed by atoms with van der Waals surface area (Å²) >= 11 is 3.88. The van der Waals surface area contributed by atoms with Gasteiger partial charge >= 0.3 is 0 Å². The van der Waals surface area contributed by atoms with E-state index in [9.17, 15) is 14.4 Å². The molecule has 0 aliphatic heterocycles. The highest BCUT2D eigenvalue weighted by atomic mass is 32.1. The minimum Gasteiger partial charge on any atom is -0.368 e. The third kappa shape index (κ3) is 4.70. The summed E-state index contributed by atoms with van der Waals surface area (Å²) in [6, 6.07) is 0. The Bertz CT molecular complexity index is 239.